The maximum atomic E-state index is 12.5. The first-order chi connectivity index (χ1) is 10.3. The zero-order chi connectivity index (χ0) is 14.7. The standard InChI is InChI=1S/C16H20N4O/c1-17-13-7-10-19(11-8-13)16(21)15-9-12-20(18-15)14-5-3-2-4-6-14/h2-6,9,12-13,17H,7-8,10-11H2,1H3. The van der Waals surface area contributed by atoms with Crippen molar-refractivity contribution in [2.45, 2.75) is 18.9 Å². The van der Waals surface area contributed by atoms with Crippen molar-refractivity contribution in [1.82, 2.24) is 20.0 Å². The molecule has 1 aliphatic heterocycles. The van der Waals surface area contributed by atoms with Crippen LogP contribution in [0.1, 0.15) is 23.3 Å². The van der Waals surface area contributed by atoms with E-state index in [9.17, 15) is 4.79 Å². The second-order valence-corrected chi connectivity index (χ2v) is 5.34. The summed E-state index contributed by atoms with van der Waals surface area (Å²) >= 11 is 0. The Labute approximate surface area is 124 Å². The van der Waals surface area contributed by atoms with Crippen LogP contribution >= 0.6 is 0 Å². The van der Waals surface area contributed by atoms with Crippen LogP contribution in [0.2, 0.25) is 0 Å². The Balaban J connectivity index is 1.70. The largest absolute Gasteiger partial charge is 0.337 e. The van der Waals surface area contributed by atoms with Gasteiger partial charge in [0.05, 0.1) is 5.69 Å². The number of amides is 1. The quantitative estimate of drug-likeness (QED) is 0.933. The molecular weight excluding hydrogens is 264 g/mol. The van der Waals surface area contributed by atoms with E-state index in [1.165, 1.54) is 0 Å². The number of carbonyl (C=O) groups is 1. The highest BCUT2D eigenvalue weighted by molar-refractivity contribution is 5.92. The topological polar surface area (TPSA) is 50.2 Å². The van der Waals surface area contributed by atoms with Gasteiger partial charge in [-0.25, -0.2) is 4.68 Å². The van der Waals surface area contributed by atoms with Crippen molar-refractivity contribution >= 4 is 5.91 Å². The monoisotopic (exact) mass is 284 g/mol. The number of nitrogens with one attached hydrogen (secondary N) is 1. The Bertz CT molecular complexity index is 600. The molecule has 5 heteroatoms. The molecular formula is C16H20N4O. The maximum Gasteiger partial charge on any atom is 0.274 e. The van der Waals surface area contributed by atoms with Crippen molar-refractivity contribution in [3.8, 4) is 5.69 Å². The number of aromatic nitrogens is 2. The molecule has 0 atom stereocenters. The molecule has 2 aromatic rings. The molecule has 0 radical (unpaired) electrons. The van der Waals surface area contributed by atoms with Gasteiger partial charge in [-0.3, -0.25) is 4.79 Å². The van der Waals surface area contributed by atoms with Crippen molar-refractivity contribution in [3.05, 3.63) is 48.3 Å². The molecule has 0 spiro atoms. The van der Waals surface area contributed by atoms with E-state index in [4.69, 9.17) is 0 Å². The number of likely N-dealkylation sites (tertiary alicyclic amines) is 1. The zero-order valence-electron chi connectivity index (χ0n) is 12.2. The molecule has 1 aliphatic rings. The van der Waals surface area contributed by atoms with E-state index in [2.05, 4.69) is 10.4 Å². The minimum absolute atomic E-state index is 0.0271. The van der Waals surface area contributed by atoms with E-state index in [1.807, 2.05) is 48.5 Å². The summed E-state index contributed by atoms with van der Waals surface area (Å²) in [5.41, 5.74) is 1.48. The summed E-state index contributed by atoms with van der Waals surface area (Å²) in [6.07, 6.45) is 3.84. The first-order valence-electron chi connectivity index (χ1n) is 7.35. The predicted octanol–water partition coefficient (Wildman–Crippen LogP) is 1.70. The summed E-state index contributed by atoms with van der Waals surface area (Å²) in [7, 11) is 1.98. The van der Waals surface area contributed by atoms with Gasteiger partial charge in [-0.1, -0.05) is 18.2 Å². The summed E-state index contributed by atoms with van der Waals surface area (Å²) in [6.45, 7) is 1.59. The summed E-state index contributed by atoms with van der Waals surface area (Å²) in [6, 6.07) is 12.1. The highest BCUT2D eigenvalue weighted by Crippen LogP contribution is 2.14. The average molecular weight is 284 g/mol. The Morgan fingerprint density at radius 1 is 1.19 bits per heavy atom. The number of hydrogen-bond donors (Lipinski definition) is 1. The van der Waals surface area contributed by atoms with Crippen molar-refractivity contribution < 1.29 is 4.79 Å². The molecule has 1 N–H and O–H groups in total. The SMILES string of the molecule is CNC1CCN(C(=O)c2ccn(-c3ccccc3)n2)CC1. The van der Waals surface area contributed by atoms with Gasteiger partial charge < -0.3 is 10.2 Å². The molecule has 0 bridgehead atoms. The fourth-order valence-corrected chi connectivity index (χ4v) is 2.70. The summed E-state index contributed by atoms with van der Waals surface area (Å²) in [5.74, 6) is 0.0271. The Hall–Kier alpha value is -2.14. The third-order valence-electron chi connectivity index (χ3n) is 4.02. The Kier molecular flexibility index (Phi) is 4.01. The molecule has 5 nitrogen and oxygen atoms in total. The molecule has 1 aromatic carbocycles. The van der Waals surface area contributed by atoms with Gasteiger partial charge in [0.1, 0.15) is 0 Å². The molecule has 21 heavy (non-hydrogen) atoms. The molecule has 0 saturated carbocycles. The normalized spacial score (nSPS) is 16.1. The van der Waals surface area contributed by atoms with Crippen LogP contribution in [0.4, 0.5) is 0 Å². The van der Waals surface area contributed by atoms with E-state index in [1.54, 1.807) is 10.7 Å². The van der Waals surface area contributed by atoms with Crippen LogP contribution in [0.25, 0.3) is 5.69 Å². The molecule has 1 amide bonds. The van der Waals surface area contributed by atoms with Gasteiger partial charge in [0.15, 0.2) is 5.69 Å². The number of para-hydroxylation sites is 1. The first-order valence-corrected chi connectivity index (χ1v) is 7.35. The number of hydrogen-bond acceptors (Lipinski definition) is 3. The molecule has 0 unspecified atom stereocenters. The predicted molar refractivity (Wildman–Crippen MR) is 81.5 cm³/mol. The molecule has 1 aromatic heterocycles. The van der Waals surface area contributed by atoms with Gasteiger partial charge in [0.25, 0.3) is 5.91 Å². The van der Waals surface area contributed by atoms with Crippen molar-refractivity contribution in [3.63, 3.8) is 0 Å². The first kappa shape index (κ1) is 13.8. The van der Waals surface area contributed by atoms with Crippen molar-refractivity contribution in [1.29, 1.82) is 0 Å². The fourth-order valence-electron chi connectivity index (χ4n) is 2.70. The average Bonchev–Trinajstić information content (AvgIpc) is 3.05. The molecule has 0 aliphatic carbocycles. The molecule has 110 valence electrons. The van der Waals surface area contributed by atoms with Gasteiger partial charge in [0.2, 0.25) is 0 Å². The van der Waals surface area contributed by atoms with E-state index < -0.39 is 0 Å². The van der Waals surface area contributed by atoms with Gasteiger partial charge in [0, 0.05) is 25.3 Å². The minimum Gasteiger partial charge on any atom is -0.337 e. The number of nitrogens with zero attached hydrogens (tertiary/aromatic N) is 3. The lowest BCUT2D eigenvalue weighted by molar-refractivity contribution is 0.0701. The smallest absolute Gasteiger partial charge is 0.274 e. The number of carbonyl (C=O) groups excluding carboxylic acids is 1. The van der Waals surface area contributed by atoms with Gasteiger partial charge in [-0.2, -0.15) is 5.10 Å². The van der Waals surface area contributed by atoms with Crippen LogP contribution in [0.15, 0.2) is 42.6 Å². The van der Waals surface area contributed by atoms with Crippen LogP contribution in [0.5, 0.6) is 0 Å². The number of rotatable bonds is 3. The zero-order valence-corrected chi connectivity index (χ0v) is 12.2. The van der Waals surface area contributed by atoms with E-state index in [0.29, 0.717) is 11.7 Å². The van der Waals surface area contributed by atoms with Crippen LogP contribution in [0.3, 0.4) is 0 Å². The van der Waals surface area contributed by atoms with Crippen LogP contribution < -0.4 is 5.32 Å². The van der Waals surface area contributed by atoms with E-state index in [0.717, 1.165) is 31.6 Å². The van der Waals surface area contributed by atoms with Crippen LogP contribution in [0, 0.1) is 0 Å². The molecule has 2 heterocycles. The minimum atomic E-state index is 0.0271. The van der Waals surface area contributed by atoms with Gasteiger partial charge in [-0.05, 0) is 38.1 Å². The number of piperidine rings is 1. The number of benzene rings is 1. The van der Waals surface area contributed by atoms with E-state index >= 15 is 0 Å². The third-order valence-corrected chi connectivity index (χ3v) is 4.02. The van der Waals surface area contributed by atoms with Crippen molar-refractivity contribution in [2.75, 3.05) is 20.1 Å². The molecule has 3 rings (SSSR count). The second-order valence-electron chi connectivity index (χ2n) is 5.34. The van der Waals surface area contributed by atoms with Gasteiger partial charge >= 0.3 is 0 Å². The lowest BCUT2D eigenvalue weighted by Gasteiger charge is -2.31. The van der Waals surface area contributed by atoms with Gasteiger partial charge in [-0.15, -0.1) is 0 Å². The third kappa shape index (κ3) is 2.97. The highest BCUT2D eigenvalue weighted by atomic mass is 16.2. The highest BCUT2D eigenvalue weighted by Gasteiger charge is 2.24. The lowest BCUT2D eigenvalue weighted by atomic mass is 10.1. The van der Waals surface area contributed by atoms with Crippen molar-refractivity contribution in [2.24, 2.45) is 0 Å². The van der Waals surface area contributed by atoms with Crippen LogP contribution in [-0.2, 0) is 0 Å². The summed E-state index contributed by atoms with van der Waals surface area (Å²) in [4.78, 5) is 14.4. The van der Waals surface area contributed by atoms with E-state index in [-0.39, 0.29) is 5.91 Å². The molecule has 1 fully saturated rings. The second kappa shape index (κ2) is 6.10. The Morgan fingerprint density at radius 3 is 2.57 bits per heavy atom. The maximum absolute atomic E-state index is 12.5. The van der Waals surface area contributed by atoms with Crippen LogP contribution in [-0.4, -0.2) is 46.8 Å². The fraction of sp³-hybridized carbons (Fsp3) is 0.375. The molecule has 1 saturated heterocycles. The Morgan fingerprint density at radius 2 is 1.90 bits per heavy atom. The lowest BCUT2D eigenvalue weighted by Crippen LogP contribution is -2.44. The summed E-state index contributed by atoms with van der Waals surface area (Å²) in [5, 5.41) is 7.68. The summed E-state index contributed by atoms with van der Waals surface area (Å²) < 4.78 is 1.74.